The highest BCUT2D eigenvalue weighted by molar-refractivity contribution is 5.87. The quantitative estimate of drug-likeness (QED) is 0.288. The summed E-state index contributed by atoms with van der Waals surface area (Å²) >= 11 is 0. The zero-order valence-electron chi connectivity index (χ0n) is 25.3. The van der Waals surface area contributed by atoms with Crippen molar-refractivity contribution < 1.29 is 23.8 Å². The van der Waals surface area contributed by atoms with Gasteiger partial charge >= 0.3 is 5.97 Å². The summed E-state index contributed by atoms with van der Waals surface area (Å²) in [6.45, 7) is 13.7. The largest absolute Gasteiger partial charge is 0.492 e. The molecule has 1 aliphatic heterocycles. The number of hydrogen-bond acceptors (Lipinski definition) is 6. The van der Waals surface area contributed by atoms with E-state index < -0.39 is 17.7 Å². The lowest BCUT2D eigenvalue weighted by molar-refractivity contribution is -0.160. The number of halogens is 1. The van der Waals surface area contributed by atoms with Gasteiger partial charge in [-0.1, -0.05) is 32.0 Å². The number of piperidine rings is 1. The van der Waals surface area contributed by atoms with Crippen molar-refractivity contribution >= 4 is 11.7 Å². The second-order valence-corrected chi connectivity index (χ2v) is 12.7. The van der Waals surface area contributed by atoms with Crippen molar-refractivity contribution in [2.75, 3.05) is 24.6 Å². The zero-order chi connectivity index (χ0) is 30.7. The maximum atomic E-state index is 13.2. The van der Waals surface area contributed by atoms with Crippen LogP contribution in [-0.2, 0) is 16.0 Å². The van der Waals surface area contributed by atoms with E-state index in [-0.39, 0.29) is 11.2 Å². The number of benzene rings is 2. The average Bonchev–Trinajstić information content (AvgIpc) is 2.92. The molecule has 2 heterocycles. The smallest absolute Gasteiger partial charge is 0.337 e. The number of aryl methyl sites for hydroxylation is 1. The van der Waals surface area contributed by atoms with Crippen molar-refractivity contribution in [1.82, 2.24) is 4.98 Å². The first-order valence-corrected chi connectivity index (χ1v) is 14.3. The number of carboxylic acid groups (broad SMARTS) is 1. The van der Waals surface area contributed by atoms with Crippen LogP contribution in [-0.4, -0.2) is 41.4 Å². The van der Waals surface area contributed by atoms with E-state index in [1.165, 1.54) is 12.1 Å². The van der Waals surface area contributed by atoms with Gasteiger partial charge in [0.15, 0.2) is 6.10 Å². The zero-order valence-corrected chi connectivity index (χ0v) is 25.3. The van der Waals surface area contributed by atoms with Crippen LogP contribution < -0.4 is 9.64 Å². The van der Waals surface area contributed by atoms with Crippen LogP contribution in [0.3, 0.4) is 0 Å². The Hall–Kier alpha value is -3.96. The monoisotopic (exact) mass is 573 g/mol. The van der Waals surface area contributed by atoms with Crippen LogP contribution in [0.5, 0.6) is 5.75 Å². The first kappa shape index (κ1) is 31.0. The minimum Gasteiger partial charge on any atom is -0.492 e. The lowest BCUT2D eigenvalue weighted by atomic mass is 9.82. The van der Waals surface area contributed by atoms with E-state index >= 15 is 0 Å². The molecule has 1 N–H and O–H groups in total. The SMILES string of the molecule is Cc1ncc(-c2ccc(OCCc3ccc(F)cc3)c(C#N)c2)c(N2CCC(C)(C)CC2)c1[C@H](OC(C)(C)C)C(=O)O. The molecule has 0 aliphatic carbocycles. The Morgan fingerprint density at radius 2 is 1.83 bits per heavy atom. The molecule has 0 amide bonds. The van der Waals surface area contributed by atoms with E-state index in [1.807, 2.05) is 33.8 Å². The Balaban J connectivity index is 1.75. The number of pyridine rings is 1. The second kappa shape index (κ2) is 12.5. The molecule has 0 unspecified atom stereocenters. The molecule has 1 aromatic heterocycles. The Bertz CT molecular complexity index is 1460. The molecule has 0 saturated carbocycles. The number of aromatic nitrogens is 1. The lowest BCUT2D eigenvalue weighted by Gasteiger charge is -2.41. The van der Waals surface area contributed by atoms with E-state index in [4.69, 9.17) is 9.47 Å². The van der Waals surface area contributed by atoms with Crippen LogP contribution in [0.1, 0.15) is 75.9 Å². The first-order valence-electron chi connectivity index (χ1n) is 14.3. The van der Waals surface area contributed by atoms with Crippen molar-refractivity contribution in [1.29, 1.82) is 5.26 Å². The van der Waals surface area contributed by atoms with E-state index in [2.05, 4.69) is 29.8 Å². The number of carbonyl (C=O) groups is 1. The fraction of sp³-hybridized carbons (Fsp3) is 0.441. The van der Waals surface area contributed by atoms with Gasteiger partial charge in [0.1, 0.15) is 17.6 Å². The predicted octanol–water partition coefficient (Wildman–Crippen LogP) is 7.26. The van der Waals surface area contributed by atoms with Gasteiger partial charge in [-0.25, -0.2) is 9.18 Å². The van der Waals surface area contributed by atoms with Crippen molar-refractivity contribution in [3.05, 3.63) is 76.9 Å². The highest BCUT2D eigenvalue weighted by Crippen LogP contribution is 2.44. The third-order valence-corrected chi connectivity index (χ3v) is 7.65. The van der Waals surface area contributed by atoms with E-state index in [0.29, 0.717) is 35.6 Å². The summed E-state index contributed by atoms with van der Waals surface area (Å²) in [5.41, 5.74) is 4.18. The van der Waals surface area contributed by atoms with Gasteiger partial charge in [0.25, 0.3) is 0 Å². The molecule has 0 radical (unpaired) electrons. The summed E-state index contributed by atoms with van der Waals surface area (Å²) in [5.74, 6) is -0.916. The molecule has 8 heteroatoms. The molecule has 2 aromatic carbocycles. The number of hydrogen-bond donors (Lipinski definition) is 1. The van der Waals surface area contributed by atoms with Crippen molar-refractivity contribution in [2.45, 2.75) is 72.5 Å². The summed E-state index contributed by atoms with van der Waals surface area (Å²) in [5, 5.41) is 20.3. The molecule has 3 aromatic rings. The van der Waals surface area contributed by atoms with Crippen molar-refractivity contribution in [2.24, 2.45) is 5.41 Å². The topological polar surface area (TPSA) is 95.7 Å². The minimum absolute atomic E-state index is 0.188. The number of anilines is 1. The van der Waals surface area contributed by atoms with Crippen LogP contribution in [0.15, 0.2) is 48.7 Å². The molecule has 0 bridgehead atoms. The summed E-state index contributed by atoms with van der Waals surface area (Å²) in [4.78, 5) is 19.5. The molecule has 1 aliphatic rings. The molecule has 1 fully saturated rings. The van der Waals surface area contributed by atoms with E-state index in [0.717, 1.165) is 48.3 Å². The molecular formula is C34H40FN3O4. The summed E-state index contributed by atoms with van der Waals surface area (Å²) in [6.07, 6.45) is 3.02. The molecule has 222 valence electrons. The average molecular weight is 574 g/mol. The van der Waals surface area contributed by atoms with Gasteiger partial charge < -0.3 is 19.5 Å². The number of aliphatic carboxylic acids is 1. The van der Waals surface area contributed by atoms with Gasteiger partial charge in [-0.2, -0.15) is 5.26 Å². The third kappa shape index (κ3) is 7.46. The molecule has 4 rings (SSSR count). The number of carboxylic acids is 1. The molecule has 1 atom stereocenters. The lowest BCUT2D eigenvalue weighted by Crippen LogP contribution is -2.39. The minimum atomic E-state index is -1.22. The Morgan fingerprint density at radius 1 is 1.17 bits per heavy atom. The Labute approximate surface area is 247 Å². The molecule has 42 heavy (non-hydrogen) atoms. The standard InChI is InChI=1S/C34H40FN3O4/c1-22-29(31(32(39)40)42-33(2,3)4)30(38-16-14-34(5,6)15-17-38)27(21-37-22)24-9-12-28(25(19-24)20-36)41-18-13-23-7-10-26(35)11-8-23/h7-12,19,21,31H,13-18H2,1-6H3,(H,39,40)/t31-/m0/s1. The predicted molar refractivity (Wildman–Crippen MR) is 161 cm³/mol. The normalized spacial score (nSPS) is 15.6. The fourth-order valence-corrected chi connectivity index (χ4v) is 5.24. The molecule has 7 nitrogen and oxygen atoms in total. The number of nitriles is 1. The number of rotatable bonds is 9. The molecule has 1 saturated heterocycles. The number of ether oxygens (including phenoxy) is 2. The maximum Gasteiger partial charge on any atom is 0.337 e. The van der Waals surface area contributed by atoms with E-state index in [1.54, 1.807) is 30.5 Å². The fourth-order valence-electron chi connectivity index (χ4n) is 5.24. The Morgan fingerprint density at radius 3 is 2.43 bits per heavy atom. The van der Waals surface area contributed by atoms with Crippen LogP contribution in [0.2, 0.25) is 0 Å². The van der Waals surface area contributed by atoms with Gasteiger partial charge in [-0.15, -0.1) is 0 Å². The second-order valence-electron chi connectivity index (χ2n) is 12.7. The Kier molecular flexibility index (Phi) is 9.22. The first-order chi connectivity index (χ1) is 19.8. The summed E-state index contributed by atoms with van der Waals surface area (Å²) in [7, 11) is 0. The van der Waals surface area contributed by atoms with Gasteiger partial charge in [-0.05, 0) is 81.3 Å². The van der Waals surface area contributed by atoms with Crippen molar-refractivity contribution in [3.63, 3.8) is 0 Å². The highest BCUT2D eigenvalue weighted by atomic mass is 19.1. The van der Waals surface area contributed by atoms with Crippen molar-refractivity contribution in [3.8, 4) is 22.9 Å². The van der Waals surface area contributed by atoms with Gasteiger partial charge in [0.2, 0.25) is 0 Å². The summed E-state index contributed by atoms with van der Waals surface area (Å²) < 4.78 is 25.3. The molecule has 0 spiro atoms. The van der Waals surface area contributed by atoms with Crippen LogP contribution in [0.4, 0.5) is 10.1 Å². The van der Waals surface area contributed by atoms with Crippen LogP contribution in [0, 0.1) is 29.5 Å². The third-order valence-electron chi connectivity index (χ3n) is 7.65. The highest BCUT2D eigenvalue weighted by Gasteiger charge is 2.35. The van der Waals surface area contributed by atoms with Gasteiger partial charge in [-0.3, -0.25) is 4.98 Å². The number of nitrogens with zero attached hydrogens (tertiary/aromatic N) is 3. The van der Waals surface area contributed by atoms with E-state index in [9.17, 15) is 19.6 Å². The van der Waals surface area contributed by atoms with Crippen LogP contribution >= 0.6 is 0 Å². The molecular weight excluding hydrogens is 533 g/mol. The summed E-state index contributed by atoms with van der Waals surface area (Å²) in [6, 6.07) is 13.9. The van der Waals surface area contributed by atoms with Crippen LogP contribution in [0.25, 0.3) is 11.1 Å². The van der Waals surface area contributed by atoms with Gasteiger partial charge in [0, 0.05) is 42.5 Å². The van der Waals surface area contributed by atoms with Gasteiger partial charge in [0.05, 0.1) is 23.5 Å². The maximum absolute atomic E-state index is 13.2.